The molecule has 1 aromatic heterocycles. The summed E-state index contributed by atoms with van der Waals surface area (Å²) in [6.45, 7) is 8.31. The van der Waals surface area contributed by atoms with Crippen LogP contribution in [0.25, 0.3) is 0 Å². The lowest BCUT2D eigenvalue weighted by molar-refractivity contribution is -0.119. The van der Waals surface area contributed by atoms with Gasteiger partial charge in [-0.1, -0.05) is 6.58 Å². The number of ether oxygens (including phenoxy) is 1. The molecular weight excluding hydrogens is 558 g/mol. The SMILES string of the molecule is C=C(Nc1cc2c(cc1OC)CCN2C(=O)CN(C)C)Nc1[nH]ccc1C(N)=Nc1ccc(F)c(F)c1C(=O)NC(C)C. The number of aliphatic imine (C=N–C) groups is 1. The lowest BCUT2D eigenvalue weighted by atomic mass is 10.1. The Balaban J connectivity index is 1.57. The Bertz CT molecular complexity index is 1580. The Labute approximate surface area is 248 Å². The minimum Gasteiger partial charge on any atom is -0.495 e. The number of fused-ring (bicyclic) bond motifs is 1. The fourth-order valence-electron chi connectivity index (χ4n) is 4.70. The molecule has 2 amide bonds. The van der Waals surface area contributed by atoms with E-state index in [1.807, 2.05) is 31.1 Å². The fourth-order valence-corrected chi connectivity index (χ4v) is 4.70. The molecule has 1 aliphatic rings. The minimum atomic E-state index is -1.32. The summed E-state index contributed by atoms with van der Waals surface area (Å²) in [4.78, 5) is 36.3. The van der Waals surface area contributed by atoms with Crippen molar-refractivity contribution in [1.82, 2.24) is 15.2 Å². The number of methoxy groups -OCH3 is 1. The fraction of sp³-hybridized carbons (Fsp3) is 0.300. The van der Waals surface area contributed by atoms with Crippen molar-refractivity contribution in [1.29, 1.82) is 0 Å². The number of anilines is 3. The molecule has 0 spiro atoms. The van der Waals surface area contributed by atoms with Crippen molar-refractivity contribution in [3.63, 3.8) is 0 Å². The summed E-state index contributed by atoms with van der Waals surface area (Å²) < 4.78 is 34.2. The van der Waals surface area contributed by atoms with Crippen LogP contribution in [-0.4, -0.2) is 67.9 Å². The van der Waals surface area contributed by atoms with E-state index in [0.29, 0.717) is 41.6 Å². The third kappa shape index (κ3) is 6.95. The van der Waals surface area contributed by atoms with Gasteiger partial charge in [-0.2, -0.15) is 0 Å². The number of amidine groups is 1. The van der Waals surface area contributed by atoms with Gasteiger partial charge in [-0.3, -0.25) is 9.59 Å². The maximum atomic E-state index is 14.7. The normalized spacial score (nSPS) is 12.9. The molecule has 13 heteroatoms. The Morgan fingerprint density at radius 2 is 1.95 bits per heavy atom. The molecule has 0 radical (unpaired) electrons. The van der Waals surface area contributed by atoms with Crippen molar-refractivity contribution < 1.29 is 23.1 Å². The highest BCUT2D eigenvalue weighted by molar-refractivity contribution is 6.06. The molecule has 3 aromatic rings. The lowest BCUT2D eigenvalue weighted by Gasteiger charge is -2.22. The zero-order chi connectivity index (χ0) is 31.4. The highest BCUT2D eigenvalue weighted by Crippen LogP contribution is 2.38. The van der Waals surface area contributed by atoms with Gasteiger partial charge in [0.05, 0.1) is 30.6 Å². The van der Waals surface area contributed by atoms with E-state index in [0.717, 1.165) is 17.3 Å². The van der Waals surface area contributed by atoms with Crippen LogP contribution in [-0.2, 0) is 11.2 Å². The standard InChI is InChI=1S/C30H36F2N8O3/c1-16(2)35-30(42)26-21(8-7-20(31)27(26)32)38-28(33)19-9-11-34-29(19)37-17(3)36-22-14-23-18(13-24(22)43-6)10-12-40(23)25(41)15-39(4)5/h7-9,11,13-14,16,34,36-37H,3,10,12,15H2,1-2,4-6H3,(H2,33,38)(H,35,42). The monoisotopic (exact) mass is 594 g/mol. The van der Waals surface area contributed by atoms with E-state index in [2.05, 4.69) is 32.5 Å². The molecule has 11 nitrogen and oxygen atoms in total. The van der Waals surface area contributed by atoms with E-state index in [9.17, 15) is 18.4 Å². The number of aromatic amines is 1. The molecule has 6 N–H and O–H groups in total. The van der Waals surface area contributed by atoms with Crippen LogP contribution in [0.5, 0.6) is 5.75 Å². The van der Waals surface area contributed by atoms with Gasteiger partial charge >= 0.3 is 0 Å². The Hall–Kier alpha value is -4.91. The van der Waals surface area contributed by atoms with E-state index in [-0.39, 0.29) is 30.0 Å². The summed E-state index contributed by atoms with van der Waals surface area (Å²) in [5.74, 6) is -2.07. The van der Waals surface area contributed by atoms with Crippen molar-refractivity contribution in [3.8, 4) is 5.75 Å². The number of aromatic nitrogens is 1. The van der Waals surface area contributed by atoms with Crippen LogP contribution in [0.4, 0.5) is 31.7 Å². The number of H-pyrrole nitrogens is 1. The van der Waals surface area contributed by atoms with Gasteiger partial charge in [0.1, 0.15) is 28.8 Å². The quantitative estimate of drug-likeness (QED) is 0.167. The summed E-state index contributed by atoms with van der Waals surface area (Å²) in [6.07, 6.45) is 2.32. The van der Waals surface area contributed by atoms with Crippen LogP contribution in [0.2, 0.25) is 0 Å². The molecule has 1 aliphatic heterocycles. The Kier molecular flexibility index (Phi) is 9.34. The number of likely N-dealkylation sites (N-methyl/N-ethyl adjacent to an activating group) is 1. The molecule has 228 valence electrons. The zero-order valence-electron chi connectivity index (χ0n) is 24.8. The molecule has 43 heavy (non-hydrogen) atoms. The highest BCUT2D eigenvalue weighted by Gasteiger charge is 2.27. The molecule has 4 rings (SSSR count). The molecule has 0 bridgehead atoms. The average Bonchev–Trinajstić information content (AvgIpc) is 3.56. The summed E-state index contributed by atoms with van der Waals surface area (Å²) in [6, 6.07) is 7.14. The number of rotatable bonds is 11. The number of nitrogens with two attached hydrogens (primary N) is 1. The molecule has 0 fully saturated rings. The van der Waals surface area contributed by atoms with E-state index < -0.39 is 23.1 Å². The van der Waals surface area contributed by atoms with Crippen molar-refractivity contribution in [3.05, 3.63) is 77.3 Å². The summed E-state index contributed by atoms with van der Waals surface area (Å²) >= 11 is 0. The first-order valence-electron chi connectivity index (χ1n) is 13.6. The maximum absolute atomic E-state index is 14.7. The molecule has 0 saturated heterocycles. The maximum Gasteiger partial charge on any atom is 0.256 e. The summed E-state index contributed by atoms with van der Waals surface area (Å²) in [7, 11) is 5.25. The van der Waals surface area contributed by atoms with Gasteiger partial charge in [0.25, 0.3) is 5.91 Å². The van der Waals surface area contributed by atoms with E-state index in [1.54, 1.807) is 38.1 Å². The number of nitrogens with one attached hydrogen (secondary N) is 4. The predicted molar refractivity (Wildman–Crippen MR) is 164 cm³/mol. The third-order valence-corrected chi connectivity index (χ3v) is 6.59. The number of carbonyl (C=O) groups is 2. The molecule has 0 unspecified atom stereocenters. The second-order valence-electron chi connectivity index (χ2n) is 10.6. The first-order chi connectivity index (χ1) is 20.4. The number of nitrogens with zero attached hydrogens (tertiary/aromatic N) is 3. The lowest BCUT2D eigenvalue weighted by Crippen LogP contribution is -2.36. The average molecular weight is 595 g/mol. The van der Waals surface area contributed by atoms with Crippen LogP contribution in [0.15, 0.2) is 53.9 Å². The van der Waals surface area contributed by atoms with E-state index in [4.69, 9.17) is 10.5 Å². The zero-order valence-corrected chi connectivity index (χ0v) is 24.8. The number of carbonyl (C=O) groups excluding carboxylic acids is 2. The van der Waals surface area contributed by atoms with Crippen molar-refractivity contribution in [2.24, 2.45) is 10.7 Å². The molecular formula is C30H36F2N8O3. The first kappa shape index (κ1) is 31.0. The number of amides is 2. The van der Waals surface area contributed by atoms with Gasteiger partial charge < -0.3 is 41.2 Å². The number of hydrogen-bond acceptors (Lipinski definition) is 7. The molecule has 2 aromatic carbocycles. The first-order valence-corrected chi connectivity index (χ1v) is 13.6. The third-order valence-electron chi connectivity index (χ3n) is 6.59. The molecule has 2 heterocycles. The van der Waals surface area contributed by atoms with Gasteiger partial charge in [0.2, 0.25) is 5.91 Å². The van der Waals surface area contributed by atoms with Gasteiger partial charge in [-0.05, 0) is 70.3 Å². The molecule has 0 saturated carbocycles. The van der Waals surface area contributed by atoms with Crippen molar-refractivity contribution in [2.45, 2.75) is 26.3 Å². The van der Waals surface area contributed by atoms with E-state index in [1.165, 1.54) is 6.07 Å². The topological polar surface area (TPSA) is 140 Å². The van der Waals surface area contributed by atoms with Crippen LogP contribution in [0.1, 0.15) is 35.3 Å². The molecule has 0 aliphatic carbocycles. The van der Waals surface area contributed by atoms with E-state index >= 15 is 0 Å². The van der Waals surface area contributed by atoms with Crippen LogP contribution in [0, 0.1) is 11.6 Å². The van der Waals surface area contributed by atoms with Gasteiger partial charge in [0.15, 0.2) is 11.6 Å². The Morgan fingerprint density at radius 1 is 1.21 bits per heavy atom. The second-order valence-corrected chi connectivity index (χ2v) is 10.6. The largest absolute Gasteiger partial charge is 0.495 e. The summed E-state index contributed by atoms with van der Waals surface area (Å²) in [5, 5.41) is 8.82. The van der Waals surface area contributed by atoms with Crippen LogP contribution in [0.3, 0.4) is 0 Å². The summed E-state index contributed by atoms with van der Waals surface area (Å²) in [5.41, 5.74) is 8.37. The number of benzene rings is 2. The smallest absolute Gasteiger partial charge is 0.256 e. The predicted octanol–water partition coefficient (Wildman–Crippen LogP) is 3.92. The van der Waals surface area contributed by atoms with Gasteiger partial charge in [0, 0.05) is 24.5 Å². The number of halogens is 2. The van der Waals surface area contributed by atoms with Gasteiger partial charge in [-0.25, -0.2) is 13.8 Å². The molecule has 0 atom stereocenters. The highest BCUT2D eigenvalue weighted by atomic mass is 19.2. The van der Waals surface area contributed by atoms with Crippen LogP contribution >= 0.6 is 0 Å². The van der Waals surface area contributed by atoms with Crippen molar-refractivity contribution in [2.75, 3.05) is 49.8 Å². The van der Waals surface area contributed by atoms with Crippen molar-refractivity contribution >= 4 is 40.5 Å². The van der Waals surface area contributed by atoms with Gasteiger partial charge in [-0.15, -0.1) is 0 Å². The number of hydrogen-bond donors (Lipinski definition) is 5. The second kappa shape index (κ2) is 12.9. The Morgan fingerprint density at radius 3 is 2.63 bits per heavy atom. The minimum absolute atomic E-state index is 0.00603. The van der Waals surface area contributed by atoms with Crippen LogP contribution < -0.4 is 31.3 Å².